The second kappa shape index (κ2) is 7.21. The number of furan rings is 1. The fourth-order valence-electron chi connectivity index (χ4n) is 7.18. The van der Waals surface area contributed by atoms with E-state index in [1.807, 2.05) is 19.9 Å². The summed E-state index contributed by atoms with van der Waals surface area (Å²) in [5.41, 5.74) is 2.71. The molecule has 0 bridgehead atoms. The van der Waals surface area contributed by atoms with Gasteiger partial charge in [-0.25, -0.2) is 0 Å². The van der Waals surface area contributed by atoms with Gasteiger partial charge < -0.3 is 9.15 Å². The Hall–Kier alpha value is -2.10. The molecule has 0 N–H and O–H groups in total. The monoisotopic (exact) mass is 422 g/mol. The van der Waals surface area contributed by atoms with Gasteiger partial charge in [0.15, 0.2) is 5.78 Å². The summed E-state index contributed by atoms with van der Waals surface area (Å²) in [4.78, 5) is 24.4. The molecule has 4 aliphatic rings. The number of rotatable bonds is 3. The molecule has 0 amide bonds. The van der Waals surface area contributed by atoms with Crippen molar-refractivity contribution < 1.29 is 18.7 Å². The molecule has 2 fully saturated rings. The predicted molar refractivity (Wildman–Crippen MR) is 118 cm³/mol. The molecule has 1 heterocycles. The lowest BCUT2D eigenvalue weighted by Crippen LogP contribution is -2.48. The molecule has 5 rings (SSSR count). The van der Waals surface area contributed by atoms with Crippen molar-refractivity contribution in [3.63, 3.8) is 0 Å². The van der Waals surface area contributed by atoms with E-state index in [4.69, 9.17) is 9.15 Å². The largest absolute Gasteiger partial charge is 0.466 e. The highest BCUT2D eigenvalue weighted by Gasteiger charge is 2.60. The Morgan fingerprint density at radius 1 is 1.26 bits per heavy atom. The van der Waals surface area contributed by atoms with Gasteiger partial charge in [-0.2, -0.15) is 0 Å². The summed E-state index contributed by atoms with van der Waals surface area (Å²) in [6.07, 6.45) is 10.2. The molecular formula is C27H34O4. The maximum absolute atomic E-state index is 12.3. The molecule has 0 aliphatic heterocycles. The lowest BCUT2D eigenvalue weighted by atomic mass is 9.49. The molecule has 31 heavy (non-hydrogen) atoms. The van der Waals surface area contributed by atoms with E-state index in [9.17, 15) is 9.59 Å². The zero-order valence-electron chi connectivity index (χ0n) is 19.2. The highest BCUT2D eigenvalue weighted by Crippen LogP contribution is 2.66. The van der Waals surface area contributed by atoms with Crippen LogP contribution in [0.15, 0.2) is 39.8 Å². The molecule has 0 radical (unpaired) electrons. The van der Waals surface area contributed by atoms with Crippen LogP contribution in [0.25, 0.3) is 0 Å². The molecular weight excluding hydrogens is 388 g/mol. The number of ether oxygens (including phenoxy) is 1. The molecule has 5 unspecified atom stereocenters. The van der Waals surface area contributed by atoms with Crippen LogP contribution >= 0.6 is 0 Å². The molecule has 6 atom stereocenters. The van der Waals surface area contributed by atoms with Crippen LogP contribution in [0.5, 0.6) is 0 Å². The fraction of sp³-hybridized carbons (Fsp3) is 0.630. The van der Waals surface area contributed by atoms with Crippen LogP contribution in [-0.4, -0.2) is 17.9 Å². The number of hydrogen-bond acceptors (Lipinski definition) is 4. The quantitative estimate of drug-likeness (QED) is 0.439. The summed E-state index contributed by atoms with van der Waals surface area (Å²) in [6.45, 7) is 8.54. The van der Waals surface area contributed by atoms with Gasteiger partial charge in [0.05, 0.1) is 0 Å². The van der Waals surface area contributed by atoms with Crippen molar-refractivity contribution in [1.82, 2.24) is 0 Å². The third-order valence-electron chi connectivity index (χ3n) is 8.99. The molecule has 1 aromatic heterocycles. The summed E-state index contributed by atoms with van der Waals surface area (Å²) in [5.74, 6) is 3.18. The van der Waals surface area contributed by atoms with Crippen molar-refractivity contribution in [3.8, 4) is 0 Å². The van der Waals surface area contributed by atoms with Crippen molar-refractivity contribution >= 4 is 11.8 Å². The SMILES string of the molecule is CCC(=O)OC1CCC2C3C(=CCC12C)C1(C)CCC(=O)C=C1C[C@H]3c1ccc(C)o1. The van der Waals surface area contributed by atoms with E-state index in [0.29, 0.717) is 24.7 Å². The van der Waals surface area contributed by atoms with Crippen LogP contribution in [0.2, 0.25) is 0 Å². The second-order valence-electron chi connectivity index (χ2n) is 10.6. The smallest absolute Gasteiger partial charge is 0.305 e. The van der Waals surface area contributed by atoms with Gasteiger partial charge in [-0.15, -0.1) is 0 Å². The number of hydrogen-bond donors (Lipinski definition) is 0. The fourth-order valence-corrected chi connectivity index (χ4v) is 7.18. The van der Waals surface area contributed by atoms with E-state index in [-0.39, 0.29) is 34.6 Å². The Balaban J connectivity index is 1.60. The van der Waals surface area contributed by atoms with Crippen molar-refractivity contribution in [2.75, 3.05) is 0 Å². The van der Waals surface area contributed by atoms with Gasteiger partial charge in [0.2, 0.25) is 0 Å². The normalized spacial score (nSPS) is 39.2. The Morgan fingerprint density at radius 2 is 2.06 bits per heavy atom. The van der Waals surface area contributed by atoms with Crippen molar-refractivity contribution in [2.24, 2.45) is 22.7 Å². The van der Waals surface area contributed by atoms with E-state index in [0.717, 1.165) is 43.6 Å². The molecule has 1 aromatic rings. The third-order valence-corrected chi connectivity index (χ3v) is 8.99. The van der Waals surface area contributed by atoms with Crippen molar-refractivity contribution in [1.29, 1.82) is 0 Å². The second-order valence-corrected chi connectivity index (χ2v) is 10.6. The van der Waals surface area contributed by atoms with Gasteiger partial charge in [0, 0.05) is 29.6 Å². The zero-order valence-corrected chi connectivity index (χ0v) is 19.2. The first-order valence-electron chi connectivity index (χ1n) is 12.0. The molecule has 2 saturated carbocycles. The minimum atomic E-state index is -0.0912. The number of fused-ring (bicyclic) bond motifs is 5. The molecule has 4 nitrogen and oxygen atoms in total. The number of ketones is 1. The van der Waals surface area contributed by atoms with Gasteiger partial charge >= 0.3 is 5.97 Å². The van der Waals surface area contributed by atoms with Gasteiger partial charge in [-0.3, -0.25) is 9.59 Å². The highest BCUT2D eigenvalue weighted by molar-refractivity contribution is 5.92. The Morgan fingerprint density at radius 3 is 2.77 bits per heavy atom. The van der Waals surface area contributed by atoms with Crippen LogP contribution in [0.3, 0.4) is 0 Å². The Bertz CT molecular complexity index is 981. The molecule has 166 valence electrons. The molecule has 0 spiro atoms. The summed E-state index contributed by atoms with van der Waals surface area (Å²) in [6, 6.07) is 4.18. The Kier molecular flexibility index (Phi) is 4.84. The van der Waals surface area contributed by atoms with E-state index >= 15 is 0 Å². The van der Waals surface area contributed by atoms with Crippen LogP contribution in [0.4, 0.5) is 0 Å². The minimum absolute atomic E-state index is 0.0144. The third kappa shape index (κ3) is 3.08. The molecule has 4 aliphatic carbocycles. The van der Waals surface area contributed by atoms with Gasteiger partial charge in [0.1, 0.15) is 17.6 Å². The molecule has 0 saturated heterocycles. The van der Waals surface area contributed by atoms with Crippen LogP contribution in [0, 0.1) is 29.6 Å². The van der Waals surface area contributed by atoms with Crippen molar-refractivity contribution in [2.45, 2.75) is 84.7 Å². The highest BCUT2D eigenvalue weighted by atomic mass is 16.5. The number of aryl methyl sites for hydroxylation is 1. The van der Waals surface area contributed by atoms with Crippen molar-refractivity contribution in [3.05, 3.63) is 47.0 Å². The summed E-state index contributed by atoms with van der Waals surface area (Å²) in [7, 11) is 0. The topological polar surface area (TPSA) is 56.5 Å². The van der Waals surface area contributed by atoms with Gasteiger partial charge in [-0.1, -0.05) is 38.0 Å². The minimum Gasteiger partial charge on any atom is -0.466 e. The van der Waals surface area contributed by atoms with Crippen LogP contribution < -0.4 is 0 Å². The van der Waals surface area contributed by atoms with E-state index in [1.54, 1.807) is 0 Å². The standard InChI is InChI=1S/C27H34O4/c1-5-24(29)31-23-9-7-20-25-19(22-8-6-16(2)30-22)15-17-14-18(28)10-12-26(17,3)21(25)11-13-27(20,23)4/h6,8,11,14,19-20,23,25H,5,7,9-10,12-13,15H2,1-4H3/t19-,20?,23?,25?,26?,27?/m0/s1. The lowest BCUT2D eigenvalue weighted by molar-refractivity contribution is -0.155. The first-order chi connectivity index (χ1) is 14.8. The van der Waals surface area contributed by atoms with Gasteiger partial charge in [0.25, 0.3) is 0 Å². The Labute approximate surface area is 185 Å². The van der Waals surface area contributed by atoms with E-state index in [1.165, 1.54) is 11.1 Å². The summed E-state index contributed by atoms with van der Waals surface area (Å²) in [5, 5.41) is 0. The first-order valence-corrected chi connectivity index (χ1v) is 12.0. The average molecular weight is 423 g/mol. The number of carbonyl (C=O) groups excluding carboxylic acids is 2. The first kappa shape index (κ1) is 20.8. The van der Waals surface area contributed by atoms with Gasteiger partial charge in [-0.05, 0) is 69.1 Å². The number of carbonyl (C=O) groups is 2. The average Bonchev–Trinajstić information content (AvgIpc) is 3.31. The maximum atomic E-state index is 12.3. The summed E-state index contributed by atoms with van der Waals surface area (Å²) >= 11 is 0. The van der Waals surface area contributed by atoms with Crippen LogP contribution in [0.1, 0.15) is 83.2 Å². The lowest BCUT2D eigenvalue weighted by Gasteiger charge is -2.55. The number of esters is 1. The maximum Gasteiger partial charge on any atom is 0.305 e. The predicted octanol–water partition coefficient (Wildman–Crippen LogP) is 6.06. The summed E-state index contributed by atoms with van der Waals surface area (Å²) < 4.78 is 12.1. The van der Waals surface area contributed by atoms with E-state index in [2.05, 4.69) is 32.1 Å². The number of allylic oxidation sites excluding steroid dienone is 4. The zero-order chi connectivity index (χ0) is 22.0. The molecule has 0 aromatic carbocycles. The van der Waals surface area contributed by atoms with E-state index < -0.39 is 0 Å². The molecule has 4 heteroatoms. The van der Waals surface area contributed by atoms with Crippen LogP contribution in [-0.2, 0) is 14.3 Å².